The van der Waals surface area contributed by atoms with Crippen LogP contribution >= 0.6 is 23.5 Å². The molecule has 3 N–H and O–H groups in total. The fourth-order valence-electron chi connectivity index (χ4n) is 5.66. The Morgan fingerprint density at radius 1 is 1.07 bits per heavy atom. The van der Waals surface area contributed by atoms with Gasteiger partial charge in [0, 0.05) is 16.9 Å². The van der Waals surface area contributed by atoms with Crippen molar-refractivity contribution < 1.29 is 41.5 Å². The summed E-state index contributed by atoms with van der Waals surface area (Å²) in [6, 6.07) is 0. The van der Waals surface area contributed by atoms with Gasteiger partial charge in [-0.05, 0) is 49.9 Å². The summed E-state index contributed by atoms with van der Waals surface area (Å²) >= 11 is 3.41. The SMILES string of the molecule is O=C(OC12CC3CC(C1)C1(SCC(CO)(CO)CS1)C(C3)C2)C(F)(F)S(=O)(=O)O. The van der Waals surface area contributed by atoms with Crippen LogP contribution in [0.2, 0.25) is 0 Å². The van der Waals surface area contributed by atoms with Crippen molar-refractivity contribution in [1.82, 2.24) is 0 Å². The van der Waals surface area contributed by atoms with Crippen LogP contribution in [-0.4, -0.2) is 68.8 Å². The highest BCUT2D eigenvalue weighted by atomic mass is 32.2. The molecule has 0 aromatic rings. The minimum absolute atomic E-state index is 0.103. The number of alkyl halides is 2. The van der Waals surface area contributed by atoms with E-state index in [0.717, 1.165) is 12.8 Å². The van der Waals surface area contributed by atoms with Crippen LogP contribution in [0.15, 0.2) is 0 Å². The molecular formula is C17H24F2O7S3. The van der Waals surface area contributed by atoms with Crippen LogP contribution < -0.4 is 0 Å². The van der Waals surface area contributed by atoms with Crippen LogP contribution in [0.5, 0.6) is 0 Å². The minimum atomic E-state index is -5.89. The third-order valence-electron chi connectivity index (χ3n) is 7.02. The highest BCUT2D eigenvalue weighted by Crippen LogP contribution is 2.70. The van der Waals surface area contributed by atoms with Gasteiger partial charge in [0.25, 0.3) is 0 Å². The minimum Gasteiger partial charge on any atom is -0.454 e. The van der Waals surface area contributed by atoms with Crippen LogP contribution in [0, 0.1) is 23.2 Å². The van der Waals surface area contributed by atoms with E-state index in [0.29, 0.717) is 30.8 Å². The zero-order valence-electron chi connectivity index (χ0n) is 15.6. The summed E-state index contributed by atoms with van der Waals surface area (Å²) in [6.07, 6.45) is 2.94. The lowest BCUT2D eigenvalue weighted by Gasteiger charge is -2.65. The van der Waals surface area contributed by atoms with Gasteiger partial charge in [-0.2, -0.15) is 17.2 Å². The molecule has 5 aliphatic rings. The maximum atomic E-state index is 13.8. The van der Waals surface area contributed by atoms with E-state index in [-0.39, 0.29) is 35.0 Å². The summed E-state index contributed by atoms with van der Waals surface area (Å²) in [7, 11) is -5.89. The quantitative estimate of drug-likeness (QED) is 0.404. The van der Waals surface area contributed by atoms with E-state index in [1.54, 1.807) is 23.5 Å². The molecule has 0 amide bonds. The van der Waals surface area contributed by atoms with Gasteiger partial charge in [-0.15, -0.1) is 23.5 Å². The van der Waals surface area contributed by atoms with Gasteiger partial charge in [0.05, 0.1) is 17.3 Å². The number of rotatable bonds is 5. The van der Waals surface area contributed by atoms with Gasteiger partial charge in [0.1, 0.15) is 5.60 Å². The maximum Gasteiger partial charge on any atom is 0.465 e. The molecule has 0 aromatic heterocycles. The van der Waals surface area contributed by atoms with Gasteiger partial charge in [-0.1, -0.05) is 0 Å². The third-order valence-corrected chi connectivity index (χ3v) is 12.3. The summed E-state index contributed by atoms with van der Waals surface area (Å²) in [5.74, 6) is -0.595. The fraction of sp³-hybridized carbons (Fsp3) is 0.941. The first-order chi connectivity index (χ1) is 13.4. The van der Waals surface area contributed by atoms with Crippen molar-refractivity contribution in [2.45, 2.75) is 47.0 Å². The summed E-state index contributed by atoms with van der Waals surface area (Å²) < 4.78 is 63.0. The van der Waals surface area contributed by atoms with E-state index in [1.165, 1.54) is 0 Å². The number of aliphatic hydroxyl groups is 2. The van der Waals surface area contributed by atoms with Crippen molar-refractivity contribution in [2.24, 2.45) is 23.2 Å². The van der Waals surface area contributed by atoms with Gasteiger partial charge < -0.3 is 14.9 Å². The molecule has 0 aromatic carbocycles. The second-order valence-electron chi connectivity index (χ2n) is 9.02. The molecule has 1 heterocycles. The molecule has 12 heteroatoms. The second-order valence-corrected chi connectivity index (χ2v) is 13.3. The van der Waals surface area contributed by atoms with Crippen molar-refractivity contribution in [3.63, 3.8) is 0 Å². The number of hydrogen-bond acceptors (Lipinski definition) is 8. The summed E-state index contributed by atoms with van der Waals surface area (Å²) in [5, 5.41) is 14.4. The zero-order valence-corrected chi connectivity index (χ0v) is 18.0. The van der Waals surface area contributed by atoms with Crippen molar-refractivity contribution >= 4 is 39.6 Å². The Morgan fingerprint density at radius 2 is 1.59 bits per heavy atom. The molecule has 166 valence electrons. The lowest BCUT2D eigenvalue weighted by atomic mass is 9.53. The van der Waals surface area contributed by atoms with Crippen molar-refractivity contribution in [2.75, 3.05) is 24.7 Å². The molecule has 0 radical (unpaired) electrons. The Labute approximate surface area is 176 Å². The molecule has 1 aliphatic heterocycles. The predicted molar refractivity (Wildman–Crippen MR) is 103 cm³/mol. The lowest BCUT2D eigenvalue weighted by Crippen LogP contribution is -2.64. The smallest absolute Gasteiger partial charge is 0.454 e. The zero-order chi connectivity index (χ0) is 21.3. The van der Waals surface area contributed by atoms with Crippen LogP contribution in [0.4, 0.5) is 8.78 Å². The predicted octanol–water partition coefficient (Wildman–Crippen LogP) is 1.74. The van der Waals surface area contributed by atoms with Crippen molar-refractivity contribution in [3.05, 3.63) is 0 Å². The fourth-order valence-corrected chi connectivity index (χ4v) is 10.0. The average Bonchev–Trinajstić information content (AvgIpc) is 2.65. The summed E-state index contributed by atoms with van der Waals surface area (Å²) in [6.45, 7) is -0.215. The molecule has 4 saturated carbocycles. The Balaban J connectivity index is 1.54. The van der Waals surface area contributed by atoms with E-state index in [1.807, 2.05) is 0 Å². The normalized spacial score (nSPS) is 37.6. The highest BCUT2D eigenvalue weighted by Gasteiger charge is 2.67. The Bertz CT molecular complexity index is 771. The van der Waals surface area contributed by atoms with E-state index in [9.17, 15) is 32.2 Å². The number of ether oxygens (including phenoxy) is 1. The number of carbonyl (C=O) groups excluding carboxylic acids is 1. The summed E-state index contributed by atoms with van der Waals surface area (Å²) in [4.78, 5) is 11.9. The van der Waals surface area contributed by atoms with Crippen molar-refractivity contribution in [1.29, 1.82) is 0 Å². The molecule has 5 fully saturated rings. The Morgan fingerprint density at radius 3 is 2.03 bits per heavy atom. The maximum absolute atomic E-state index is 13.8. The molecular weight excluding hydrogens is 450 g/mol. The van der Waals surface area contributed by atoms with Crippen LogP contribution in [0.25, 0.3) is 0 Å². The monoisotopic (exact) mass is 474 g/mol. The van der Waals surface area contributed by atoms with E-state index in [4.69, 9.17) is 9.29 Å². The molecule has 2 atom stereocenters. The molecule has 7 nitrogen and oxygen atoms in total. The van der Waals surface area contributed by atoms with E-state index >= 15 is 0 Å². The number of esters is 1. The number of halogens is 2. The molecule has 4 aliphatic carbocycles. The first-order valence-electron chi connectivity index (χ1n) is 9.49. The van der Waals surface area contributed by atoms with Crippen LogP contribution in [0.1, 0.15) is 32.1 Å². The Kier molecular flexibility index (Phi) is 5.27. The number of thioether (sulfide) groups is 2. The summed E-state index contributed by atoms with van der Waals surface area (Å²) in [5.41, 5.74) is -1.67. The lowest BCUT2D eigenvalue weighted by molar-refractivity contribution is -0.202. The first kappa shape index (κ1) is 22.1. The molecule has 1 saturated heterocycles. The van der Waals surface area contributed by atoms with Gasteiger partial charge in [0.15, 0.2) is 0 Å². The highest BCUT2D eigenvalue weighted by molar-refractivity contribution is 8.18. The molecule has 29 heavy (non-hydrogen) atoms. The molecule has 2 unspecified atom stereocenters. The van der Waals surface area contributed by atoms with Gasteiger partial charge in [0.2, 0.25) is 0 Å². The van der Waals surface area contributed by atoms with Gasteiger partial charge >= 0.3 is 21.3 Å². The van der Waals surface area contributed by atoms with E-state index < -0.39 is 32.4 Å². The average molecular weight is 475 g/mol. The van der Waals surface area contributed by atoms with E-state index in [2.05, 4.69) is 0 Å². The van der Waals surface area contributed by atoms with Crippen LogP contribution in [-0.2, 0) is 19.6 Å². The topological polar surface area (TPSA) is 121 Å². The molecule has 1 spiro atoms. The van der Waals surface area contributed by atoms with Gasteiger partial charge in [-0.3, -0.25) is 4.55 Å². The molecule has 4 bridgehead atoms. The molecule has 5 rings (SSSR count). The Hall–Kier alpha value is -0.140. The number of hydrogen-bond donors (Lipinski definition) is 3. The van der Waals surface area contributed by atoms with Crippen LogP contribution in [0.3, 0.4) is 0 Å². The second kappa shape index (κ2) is 6.93. The number of carbonyl (C=O) groups is 1. The number of aliphatic hydroxyl groups excluding tert-OH is 2. The van der Waals surface area contributed by atoms with Crippen molar-refractivity contribution in [3.8, 4) is 0 Å². The standard InChI is InChI=1S/C17H24F2O7S3/c18-17(19,29(23,24)25)13(22)26-15-3-10-1-11(4-15)16(12(2-10)5-15)27-8-14(6-20,7-21)9-28-16/h10-12,20-21H,1-9H2,(H,23,24,25). The van der Waals surface area contributed by atoms with Gasteiger partial charge in [-0.25, -0.2) is 4.79 Å². The third kappa shape index (κ3) is 3.32. The first-order valence-corrected chi connectivity index (χ1v) is 12.9. The largest absolute Gasteiger partial charge is 0.465 e.